The molecule has 6 aromatic carbocycles. The van der Waals surface area contributed by atoms with Crippen molar-refractivity contribution in [2.24, 2.45) is 0 Å². The molecule has 0 amide bonds. The van der Waals surface area contributed by atoms with Crippen molar-refractivity contribution >= 4 is 59.2 Å². The highest BCUT2D eigenvalue weighted by atomic mass is 32.1. The Hall–Kier alpha value is -7.09. The fourth-order valence-corrected chi connectivity index (χ4v) is 8.83. The molecule has 0 radical (unpaired) electrons. The number of fused-ring (bicyclic) bond motifs is 6. The largest absolute Gasteiger partial charge is 0.455 e. The molecule has 0 spiro atoms. The van der Waals surface area contributed by atoms with Gasteiger partial charge >= 0.3 is 0 Å². The molecule has 10 aromatic rings. The summed E-state index contributed by atoms with van der Waals surface area (Å²) in [7, 11) is 0. The summed E-state index contributed by atoms with van der Waals surface area (Å²) < 4.78 is 9.12. The summed E-state index contributed by atoms with van der Waals surface area (Å²) in [5, 5.41) is 3.23. The third kappa shape index (κ3) is 5.60. The minimum atomic E-state index is 0.586. The molecule has 7 heteroatoms. The predicted octanol–water partition coefficient (Wildman–Crippen LogP) is 13.0. The van der Waals surface area contributed by atoms with Crippen LogP contribution in [-0.4, -0.2) is 24.9 Å². The highest BCUT2D eigenvalue weighted by Crippen LogP contribution is 2.41. The maximum atomic E-state index is 6.75. The van der Waals surface area contributed by atoms with Gasteiger partial charge in [-0.2, -0.15) is 0 Å². The first-order valence-corrected chi connectivity index (χ1v) is 19.5. The summed E-state index contributed by atoms with van der Waals surface area (Å²) >= 11 is 1.77. The molecule has 0 saturated carbocycles. The lowest BCUT2D eigenvalue weighted by molar-refractivity contribution is 0.670. The fourth-order valence-electron chi connectivity index (χ4n) is 7.67. The lowest BCUT2D eigenvalue weighted by atomic mass is 9.99. The lowest BCUT2D eigenvalue weighted by Gasteiger charge is -2.12. The molecule has 4 heterocycles. The van der Waals surface area contributed by atoms with Crippen LogP contribution < -0.4 is 0 Å². The van der Waals surface area contributed by atoms with E-state index in [9.17, 15) is 0 Å². The van der Waals surface area contributed by atoms with Crippen molar-refractivity contribution in [3.05, 3.63) is 170 Å². The third-order valence-electron chi connectivity index (χ3n) is 10.4. The van der Waals surface area contributed by atoms with Crippen LogP contribution in [0.4, 0.5) is 0 Å². The van der Waals surface area contributed by atoms with Crippen LogP contribution in [0.25, 0.3) is 104 Å². The number of nitrogens with zero attached hydrogens (tertiary/aromatic N) is 5. The van der Waals surface area contributed by atoms with Crippen molar-refractivity contribution in [3.63, 3.8) is 0 Å². The van der Waals surface area contributed by atoms with E-state index in [1.807, 2.05) is 66.7 Å². The van der Waals surface area contributed by atoms with Gasteiger partial charge < -0.3 is 4.42 Å². The molecule has 264 valence electrons. The number of aromatic nitrogens is 5. The maximum Gasteiger partial charge on any atom is 0.164 e. The van der Waals surface area contributed by atoms with E-state index in [2.05, 4.69) is 97.1 Å². The molecular weight excluding hydrogens is 707 g/mol. The number of allylic oxidation sites excluding steroid dienone is 4. The minimum absolute atomic E-state index is 0.586. The van der Waals surface area contributed by atoms with Gasteiger partial charge in [0.25, 0.3) is 0 Å². The van der Waals surface area contributed by atoms with Gasteiger partial charge in [0.1, 0.15) is 11.2 Å². The zero-order valence-electron chi connectivity index (χ0n) is 30.1. The molecule has 6 nitrogen and oxygen atoms in total. The molecule has 0 fully saturated rings. The van der Waals surface area contributed by atoms with Crippen molar-refractivity contribution in [2.45, 2.75) is 12.8 Å². The Bertz CT molecular complexity index is 3140. The first-order chi connectivity index (χ1) is 27.7. The van der Waals surface area contributed by atoms with Gasteiger partial charge in [0.15, 0.2) is 23.3 Å². The highest BCUT2D eigenvalue weighted by molar-refractivity contribution is 7.26. The number of para-hydroxylation sites is 1. The van der Waals surface area contributed by atoms with E-state index in [1.54, 1.807) is 11.3 Å². The second-order valence-electron chi connectivity index (χ2n) is 13.9. The lowest BCUT2D eigenvalue weighted by Crippen LogP contribution is -2.00. The topological polar surface area (TPSA) is 77.6 Å². The van der Waals surface area contributed by atoms with Crippen LogP contribution in [0.3, 0.4) is 0 Å². The van der Waals surface area contributed by atoms with Crippen molar-refractivity contribution in [1.82, 2.24) is 24.9 Å². The van der Waals surface area contributed by atoms with Crippen LogP contribution in [0, 0.1) is 0 Å². The van der Waals surface area contributed by atoms with Gasteiger partial charge in [0, 0.05) is 48.7 Å². The van der Waals surface area contributed by atoms with Crippen LogP contribution in [0.15, 0.2) is 168 Å². The van der Waals surface area contributed by atoms with E-state index in [1.165, 1.54) is 10.3 Å². The van der Waals surface area contributed by atoms with Gasteiger partial charge in [0.2, 0.25) is 0 Å². The van der Waals surface area contributed by atoms with Crippen LogP contribution in [0.1, 0.15) is 18.5 Å². The SMILES string of the molecule is C1=CCCC(c2nc(-c3cccc(-c4cccc5c4oc4cc(-c6nc(-c7ccccc7)nc(-c7ccccc7)n6)ccc45)c3)nc3c2sc2ccccc23)=C1. The Morgan fingerprint density at radius 1 is 0.500 bits per heavy atom. The average Bonchev–Trinajstić information content (AvgIpc) is 3.85. The normalized spacial score (nSPS) is 12.9. The highest BCUT2D eigenvalue weighted by Gasteiger charge is 2.20. The zero-order chi connectivity index (χ0) is 37.0. The summed E-state index contributed by atoms with van der Waals surface area (Å²) in [6.07, 6.45) is 8.53. The number of thiophene rings is 1. The number of furan rings is 1. The predicted molar refractivity (Wildman–Crippen MR) is 229 cm³/mol. The third-order valence-corrected chi connectivity index (χ3v) is 11.6. The molecule has 4 aromatic heterocycles. The van der Waals surface area contributed by atoms with Crippen molar-refractivity contribution in [2.75, 3.05) is 0 Å². The summed E-state index contributed by atoms with van der Waals surface area (Å²) in [5.41, 5.74) is 10.6. The number of rotatable bonds is 6. The summed E-state index contributed by atoms with van der Waals surface area (Å²) in [6.45, 7) is 0. The fraction of sp³-hybridized carbons (Fsp3) is 0.0408. The Morgan fingerprint density at radius 3 is 1.91 bits per heavy atom. The standard InChI is InChI=1S/C49H31N5OS/c1-4-14-30(15-5-1)42-45-43(39-22-10-11-25-41(39)56-45)51-48(50-42)34-21-12-20-33(28-34)36-23-13-24-38-37-27-26-35(29-40(37)55-44(36)38)49-53-46(31-16-6-2-7-17-31)52-47(54-49)32-18-8-3-9-19-32/h1-4,6-14,16-29H,5,15H2. The first kappa shape index (κ1) is 32.3. The van der Waals surface area contributed by atoms with E-state index in [0.717, 1.165) is 95.3 Å². The molecule has 0 aliphatic heterocycles. The number of hydrogen-bond acceptors (Lipinski definition) is 7. The second kappa shape index (κ2) is 13.3. The second-order valence-corrected chi connectivity index (χ2v) is 15.0. The Morgan fingerprint density at radius 2 is 1.14 bits per heavy atom. The van der Waals surface area contributed by atoms with Crippen LogP contribution in [0.5, 0.6) is 0 Å². The quantitative estimate of drug-likeness (QED) is 0.169. The van der Waals surface area contributed by atoms with E-state index < -0.39 is 0 Å². The number of benzene rings is 6. The molecule has 56 heavy (non-hydrogen) atoms. The molecule has 1 aliphatic carbocycles. The van der Waals surface area contributed by atoms with E-state index in [4.69, 9.17) is 29.3 Å². The Balaban J connectivity index is 1.02. The van der Waals surface area contributed by atoms with Crippen LogP contribution in [-0.2, 0) is 0 Å². The van der Waals surface area contributed by atoms with Gasteiger partial charge in [-0.1, -0.05) is 140 Å². The monoisotopic (exact) mass is 737 g/mol. The molecule has 11 rings (SSSR count). The van der Waals surface area contributed by atoms with E-state index in [-0.39, 0.29) is 0 Å². The Kier molecular flexibility index (Phi) is 7.70. The first-order valence-electron chi connectivity index (χ1n) is 18.7. The van der Waals surface area contributed by atoms with E-state index >= 15 is 0 Å². The molecule has 1 aliphatic rings. The molecule has 0 bridgehead atoms. The average molecular weight is 738 g/mol. The molecular formula is C49H31N5OS. The molecule has 0 N–H and O–H groups in total. The van der Waals surface area contributed by atoms with Crippen LogP contribution >= 0.6 is 11.3 Å². The van der Waals surface area contributed by atoms with Crippen LogP contribution in [0.2, 0.25) is 0 Å². The van der Waals surface area contributed by atoms with Gasteiger partial charge in [-0.25, -0.2) is 24.9 Å². The minimum Gasteiger partial charge on any atom is -0.455 e. The molecule has 0 saturated heterocycles. The molecule has 0 unspecified atom stereocenters. The zero-order valence-corrected chi connectivity index (χ0v) is 30.9. The van der Waals surface area contributed by atoms with Crippen molar-refractivity contribution in [1.29, 1.82) is 0 Å². The van der Waals surface area contributed by atoms with Gasteiger partial charge in [-0.15, -0.1) is 11.3 Å². The van der Waals surface area contributed by atoms with E-state index in [0.29, 0.717) is 17.5 Å². The molecule has 0 atom stereocenters. The van der Waals surface area contributed by atoms with Gasteiger partial charge in [0.05, 0.1) is 15.9 Å². The summed E-state index contributed by atoms with van der Waals surface area (Å²) in [6, 6.07) is 49.6. The van der Waals surface area contributed by atoms with Gasteiger partial charge in [-0.05, 0) is 48.2 Å². The summed E-state index contributed by atoms with van der Waals surface area (Å²) in [5.74, 6) is 2.55. The summed E-state index contributed by atoms with van der Waals surface area (Å²) in [4.78, 5) is 25.3. The van der Waals surface area contributed by atoms with Crippen molar-refractivity contribution in [3.8, 4) is 56.7 Å². The number of hydrogen-bond donors (Lipinski definition) is 0. The maximum absolute atomic E-state index is 6.75. The smallest absolute Gasteiger partial charge is 0.164 e. The van der Waals surface area contributed by atoms with Crippen molar-refractivity contribution < 1.29 is 4.42 Å². The van der Waals surface area contributed by atoms with Gasteiger partial charge in [-0.3, -0.25) is 0 Å². The Labute approximate surface area is 326 Å².